The van der Waals surface area contributed by atoms with E-state index in [0.717, 1.165) is 33.8 Å². The number of hydrogen-bond donors (Lipinski definition) is 1. The number of sulfonamides is 1. The molecule has 1 aromatic heterocycles. The first-order chi connectivity index (χ1) is 8.45. The van der Waals surface area contributed by atoms with Crippen LogP contribution in [0.5, 0.6) is 0 Å². The van der Waals surface area contributed by atoms with Crippen LogP contribution >= 0.6 is 11.3 Å². The van der Waals surface area contributed by atoms with Crippen LogP contribution in [0.25, 0.3) is 0 Å². The summed E-state index contributed by atoms with van der Waals surface area (Å²) in [6.07, 6.45) is 2.84. The standard InChI is InChI=1S/C12H17NO3S2/c1-9-4-3-5-13(7-9)18(15,16)12-6-10(2)11(8-14)17-12/h4,6,14H,3,5,7-8H2,1-2H3. The largest absolute Gasteiger partial charge is 0.391 e. The van der Waals surface area contributed by atoms with Gasteiger partial charge in [0, 0.05) is 18.0 Å². The van der Waals surface area contributed by atoms with Crippen LogP contribution in [0.2, 0.25) is 0 Å². The van der Waals surface area contributed by atoms with E-state index in [0.29, 0.717) is 17.3 Å². The first-order valence-electron chi connectivity index (χ1n) is 5.81. The lowest BCUT2D eigenvalue weighted by Gasteiger charge is -2.24. The zero-order chi connectivity index (χ0) is 13.3. The topological polar surface area (TPSA) is 57.6 Å². The lowest BCUT2D eigenvalue weighted by molar-refractivity contribution is 0.285. The number of aliphatic hydroxyl groups excluding tert-OH is 1. The van der Waals surface area contributed by atoms with Gasteiger partial charge in [0.1, 0.15) is 4.21 Å². The Morgan fingerprint density at radius 3 is 2.72 bits per heavy atom. The van der Waals surface area contributed by atoms with E-state index in [4.69, 9.17) is 5.11 Å². The molecule has 2 heterocycles. The highest BCUT2D eigenvalue weighted by molar-refractivity contribution is 7.91. The van der Waals surface area contributed by atoms with Crippen molar-refractivity contribution in [1.29, 1.82) is 0 Å². The van der Waals surface area contributed by atoms with E-state index in [-0.39, 0.29) is 6.61 Å². The lowest BCUT2D eigenvalue weighted by Crippen LogP contribution is -2.34. The van der Waals surface area contributed by atoms with E-state index in [2.05, 4.69) is 6.08 Å². The van der Waals surface area contributed by atoms with Crippen LogP contribution in [0.3, 0.4) is 0 Å². The minimum absolute atomic E-state index is 0.106. The molecule has 0 saturated heterocycles. The zero-order valence-electron chi connectivity index (χ0n) is 10.5. The van der Waals surface area contributed by atoms with Crippen molar-refractivity contribution in [2.45, 2.75) is 31.1 Å². The summed E-state index contributed by atoms with van der Waals surface area (Å²) < 4.78 is 26.7. The van der Waals surface area contributed by atoms with Crippen LogP contribution in [0.1, 0.15) is 23.8 Å². The van der Waals surface area contributed by atoms with Crippen LogP contribution in [0.15, 0.2) is 21.9 Å². The second kappa shape index (κ2) is 5.13. The first-order valence-corrected chi connectivity index (χ1v) is 8.06. The van der Waals surface area contributed by atoms with Crippen molar-refractivity contribution in [2.75, 3.05) is 13.1 Å². The quantitative estimate of drug-likeness (QED) is 0.864. The molecule has 100 valence electrons. The fraction of sp³-hybridized carbons (Fsp3) is 0.500. The second-order valence-electron chi connectivity index (χ2n) is 4.51. The Morgan fingerprint density at radius 2 is 2.17 bits per heavy atom. The molecule has 0 atom stereocenters. The van der Waals surface area contributed by atoms with Crippen molar-refractivity contribution in [3.63, 3.8) is 0 Å². The van der Waals surface area contributed by atoms with E-state index >= 15 is 0 Å². The molecule has 4 nitrogen and oxygen atoms in total. The summed E-state index contributed by atoms with van der Waals surface area (Å²) in [5, 5.41) is 9.14. The van der Waals surface area contributed by atoms with E-state index in [9.17, 15) is 8.42 Å². The average Bonchev–Trinajstić information content (AvgIpc) is 2.71. The molecule has 0 unspecified atom stereocenters. The van der Waals surface area contributed by atoms with Gasteiger partial charge in [-0.3, -0.25) is 0 Å². The van der Waals surface area contributed by atoms with Crippen molar-refractivity contribution < 1.29 is 13.5 Å². The summed E-state index contributed by atoms with van der Waals surface area (Å²) in [7, 11) is -3.41. The number of hydrogen-bond acceptors (Lipinski definition) is 4. The Morgan fingerprint density at radius 1 is 1.44 bits per heavy atom. The molecule has 0 spiro atoms. The molecule has 1 N–H and O–H groups in total. The highest BCUT2D eigenvalue weighted by Crippen LogP contribution is 2.29. The molecule has 0 bridgehead atoms. The summed E-state index contributed by atoms with van der Waals surface area (Å²) in [5.74, 6) is 0. The third-order valence-electron chi connectivity index (χ3n) is 3.03. The Bertz CT molecular complexity index is 572. The maximum Gasteiger partial charge on any atom is 0.252 e. The Kier molecular flexibility index (Phi) is 3.91. The van der Waals surface area contributed by atoms with Gasteiger partial charge < -0.3 is 5.11 Å². The van der Waals surface area contributed by atoms with Gasteiger partial charge in [0.2, 0.25) is 0 Å². The molecule has 0 saturated carbocycles. The zero-order valence-corrected chi connectivity index (χ0v) is 12.1. The van der Waals surface area contributed by atoms with Gasteiger partial charge in [-0.25, -0.2) is 8.42 Å². The van der Waals surface area contributed by atoms with Gasteiger partial charge >= 0.3 is 0 Å². The van der Waals surface area contributed by atoms with Crippen molar-refractivity contribution in [3.05, 3.63) is 28.2 Å². The van der Waals surface area contributed by atoms with Crippen LogP contribution in [0.4, 0.5) is 0 Å². The van der Waals surface area contributed by atoms with Gasteiger partial charge in [0.25, 0.3) is 10.0 Å². The van der Waals surface area contributed by atoms with Gasteiger partial charge in [-0.1, -0.05) is 11.6 Å². The summed E-state index contributed by atoms with van der Waals surface area (Å²) in [6, 6.07) is 1.65. The van der Waals surface area contributed by atoms with Gasteiger partial charge in [-0.15, -0.1) is 11.3 Å². The molecule has 1 aromatic rings. The van der Waals surface area contributed by atoms with E-state index in [1.165, 1.54) is 4.31 Å². The number of aliphatic hydroxyl groups is 1. The monoisotopic (exact) mass is 287 g/mol. The normalized spacial score (nSPS) is 17.8. The van der Waals surface area contributed by atoms with Gasteiger partial charge in [-0.2, -0.15) is 4.31 Å². The van der Waals surface area contributed by atoms with Crippen molar-refractivity contribution in [2.24, 2.45) is 0 Å². The molecule has 0 amide bonds. The van der Waals surface area contributed by atoms with E-state index in [1.54, 1.807) is 6.07 Å². The Labute approximate surface area is 112 Å². The molecule has 0 radical (unpaired) electrons. The fourth-order valence-corrected chi connectivity index (χ4v) is 5.08. The van der Waals surface area contributed by atoms with Crippen molar-refractivity contribution in [1.82, 2.24) is 4.31 Å². The summed E-state index contributed by atoms with van der Waals surface area (Å²) in [5.41, 5.74) is 1.92. The van der Waals surface area contributed by atoms with Gasteiger partial charge in [0.15, 0.2) is 0 Å². The number of aryl methyl sites for hydroxylation is 1. The molecule has 1 aliphatic rings. The third kappa shape index (κ3) is 2.51. The Balaban J connectivity index is 2.33. The molecule has 0 aliphatic carbocycles. The SMILES string of the molecule is CC1=CCCN(S(=O)(=O)c2cc(C)c(CO)s2)C1. The van der Waals surface area contributed by atoms with Crippen LogP contribution in [-0.4, -0.2) is 30.9 Å². The fourth-order valence-electron chi connectivity index (χ4n) is 1.98. The number of nitrogens with zero attached hydrogens (tertiary/aromatic N) is 1. The van der Waals surface area contributed by atoms with E-state index < -0.39 is 10.0 Å². The highest BCUT2D eigenvalue weighted by Gasteiger charge is 2.28. The predicted octanol–water partition coefficient (Wildman–Crippen LogP) is 1.89. The minimum Gasteiger partial charge on any atom is -0.391 e. The van der Waals surface area contributed by atoms with Crippen LogP contribution < -0.4 is 0 Å². The predicted molar refractivity (Wildman–Crippen MR) is 72.1 cm³/mol. The molecule has 0 fully saturated rings. The third-order valence-corrected chi connectivity index (χ3v) is 6.55. The molecular formula is C12H17NO3S2. The average molecular weight is 287 g/mol. The number of thiophene rings is 1. The molecule has 6 heteroatoms. The summed E-state index contributed by atoms with van der Waals surface area (Å²) in [4.78, 5) is 0.720. The molecule has 18 heavy (non-hydrogen) atoms. The van der Waals surface area contributed by atoms with Gasteiger partial charge in [-0.05, 0) is 31.9 Å². The minimum atomic E-state index is -3.41. The van der Waals surface area contributed by atoms with E-state index in [1.807, 2.05) is 13.8 Å². The molecule has 0 aromatic carbocycles. The first kappa shape index (κ1) is 13.7. The van der Waals surface area contributed by atoms with Gasteiger partial charge in [0.05, 0.1) is 6.61 Å². The smallest absolute Gasteiger partial charge is 0.252 e. The van der Waals surface area contributed by atoms with Crippen LogP contribution in [-0.2, 0) is 16.6 Å². The van der Waals surface area contributed by atoms with Crippen molar-refractivity contribution >= 4 is 21.4 Å². The maximum absolute atomic E-state index is 12.4. The molecule has 2 rings (SSSR count). The maximum atomic E-state index is 12.4. The second-order valence-corrected chi connectivity index (χ2v) is 7.81. The Hall–Kier alpha value is -0.690. The number of rotatable bonds is 3. The lowest BCUT2D eigenvalue weighted by atomic mass is 10.2. The van der Waals surface area contributed by atoms with Crippen LogP contribution in [0, 0.1) is 6.92 Å². The summed E-state index contributed by atoms with van der Waals surface area (Å²) in [6.45, 7) is 4.66. The van der Waals surface area contributed by atoms with Crippen molar-refractivity contribution in [3.8, 4) is 0 Å². The summed E-state index contributed by atoms with van der Waals surface area (Å²) >= 11 is 1.16. The molecular weight excluding hydrogens is 270 g/mol. The highest BCUT2D eigenvalue weighted by atomic mass is 32.2. The molecule has 1 aliphatic heterocycles.